The molecule has 1 aromatic carbocycles. The Hall–Kier alpha value is -2.33. The molecular formula is C19H23N3O. The monoisotopic (exact) mass is 309 g/mol. The predicted octanol–water partition coefficient (Wildman–Crippen LogP) is 3.77. The van der Waals surface area contributed by atoms with Crippen LogP contribution in [0.4, 0.5) is 0 Å². The molecule has 2 N–H and O–H groups in total. The van der Waals surface area contributed by atoms with Crippen molar-refractivity contribution >= 4 is 5.65 Å². The van der Waals surface area contributed by atoms with Crippen LogP contribution in [-0.2, 0) is 0 Å². The number of aromatic nitrogens is 2. The minimum absolute atomic E-state index is 0.230. The molecule has 0 aliphatic rings. The van der Waals surface area contributed by atoms with E-state index in [-0.39, 0.29) is 5.92 Å². The first kappa shape index (κ1) is 15.6. The van der Waals surface area contributed by atoms with Crippen LogP contribution in [0.15, 0.2) is 42.6 Å². The molecule has 4 nitrogen and oxygen atoms in total. The fourth-order valence-electron chi connectivity index (χ4n) is 2.84. The summed E-state index contributed by atoms with van der Waals surface area (Å²) in [6.07, 6.45) is 2.13. The molecule has 0 saturated heterocycles. The van der Waals surface area contributed by atoms with Crippen LogP contribution < -0.4 is 10.5 Å². The second-order valence-electron chi connectivity index (χ2n) is 5.87. The molecule has 0 aliphatic heterocycles. The fraction of sp³-hybridized carbons (Fsp3) is 0.316. The highest BCUT2D eigenvalue weighted by Crippen LogP contribution is 2.31. The minimum Gasteiger partial charge on any atom is -0.494 e. The molecular weight excluding hydrogens is 286 g/mol. The van der Waals surface area contributed by atoms with Gasteiger partial charge in [0, 0.05) is 24.2 Å². The molecule has 0 amide bonds. The molecule has 120 valence electrons. The van der Waals surface area contributed by atoms with E-state index in [1.54, 1.807) is 0 Å². The lowest BCUT2D eigenvalue weighted by molar-refractivity contribution is 0.340. The Morgan fingerprint density at radius 1 is 1.17 bits per heavy atom. The summed E-state index contributed by atoms with van der Waals surface area (Å²) in [4.78, 5) is 4.84. The Morgan fingerprint density at radius 3 is 2.57 bits per heavy atom. The lowest BCUT2D eigenvalue weighted by Gasteiger charge is -2.12. The first-order chi connectivity index (χ1) is 11.1. The number of imidazole rings is 1. The van der Waals surface area contributed by atoms with Crippen molar-refractivity contribution in [1.29, 1.82) is 0 Å². The van der Waals surface area contributed by atoms with Gasteiger partial charge in [0.25, 0.3) is 0 Å². The van der Waals surface area contributed by atoms with Gasteiger partial charge in [0.05, 0.1) is 18.0 Å². The van der Waals surface area contributed by atoms with Crippen LogP contribution >= 0.6 is 0 Å². The van der Waals surface area contributed by atoms with E-state index < -0.39 is 0 Å². The van der Waals surface area contributed by atoms with E-state index in [0.29, 0.717) is 13.2 Å². The van der Waals surface area contributed by atoms with Gasteiger partial charge < -0.3 is 14.9 Å². The lowest BCUT2D eigenvalue weighted by atomic mass is 10.0. The zero-order chi connectivity index (χ0) is 16.4. The van der Waals surface area contributed by atoms with Gasteiger partial charge >= 0.3 is 0 Å². The summed E-state index contributed by atoms with van der Waals surface area (Å²) in [7, 11) is 0. The predicted molar refractivity (Wildman–Crippen MR) is 94.0 cm³/mol. The Labute approximate surface area is 136 Å². The maximum atomic E-state index is 5.94. The van der Waals surface area contributed by atoms with E-state index in [2.05, 4.69) is 48.7 Å². The van der Waals surface area contributed by atoms with Crippen molar-refractivity contribution in [2.75, 3.05) is 13.2 Å². The normalized spacial score (nSPS) is 12.5. The Kier molecular flexibility index (Phi) is 4.35. The summed E-state index contributed by atoms with van der Waals surface area (Å²) >= 11 is 0. The van der Waals surface area contributed by atoms with Crippen LogP contribution in [0.1, 0.15) is 31.0 Å². The Balaban J connectivity index is 2.15. The number of aryl methyl sites for hydroxylation is 1. The standard InChI is InChI=1S/C19H23N3O/c1-4-23-16-8-6-15(7-9-16)18-19(14(3)11-20)22-12-13(2)5-10-17(22)21-18/h5-10,12,14H,4,11,20H2,1-3H3. The summed E-state index contributed by atoms with van der Waals surface area (Å²) in [5.74, 6) is 1.11. The molecule has 3 rings (SSSR count). The topological polar surface area (TPSA) is 52.5 Å². The van der Waals surface area contributed by atoms with Crippen molar-refractivity contribution in [3.63, 3.8) is 0 Å². The van der Waals surface area contributed by atoms with E-state index in [1.165, 1.54) is 5.56 Å². The van der Waals surface area contributed by atoms with E-state index in [4.69, 9.17) is 15.5 Å². The summed E-state index contributed by atoms with van der Waals surface area (Å²) in [6, 6.07) is 12.2. The third kappa shape index (κ3) is 2.94. The number of hydrogen-bond acceptors (Lipinski definition) is 3. The molecule has 0 bridgehead atoms. The van der Waals surface area contributed by atoms with Gasteiger partial charge in [-0.1, -0.05) is 13.0 Å². The summed E-state index contributed by atoms with van der Waals surface area (Å²) in [6.45, 7) is 7.48. The molecule has 0 radical (unpaired) electrons. The van der Waals surface area contributed by atoms with Gasteiger partial charge in [0.1, 0.15) is 11.4 Å². The number of ether oxygens (including phenoxy) is 1. The number of fused-ring (bicyclic) bond motifs is 1. The van der Waals surface area contributed by atoms with E-state index in [0.717, 1.165) is 28.3 Å². The molecule has 23 heavy (non-hydrogen) atoms. The summed E-state index contributed by atoms with van der Waals surface area (Å²) in [5, 5.41) is 0. The maximum Gasteiger partial charge on any atom is 0.137 e. The second-order valence-corrected chi connectivity index (χ2v) is 5.87. The highest BCUT2D eigenvalue weighted by molar-refractivity contribution is 5.68. The van der Waals surface area contributed by atoms with Crippen LogP contribution in [0.2, 0.25) is 0 Å². The van der Waals surface area contributed by atoms with Crippen molar-refractivity contribution in [2.24, 2.45) is 5.73 Å². The van der Waals surface area contributed by atoms with E-state index in [9.17, 15) is 0 Å². The minimum atomic E-state index is 0.230. The zero-order valence-electron chi connectivity index (χ0n) is 13.9. The molecule has 0 aliphatic carbocycles. The van der Waals surface area contributed by atoms with Crippen molar-refractivity contribution in [1.82, 2.24) is 9.38 Å². The highest BCUT2D eigenvalue weighted by atomic mass is 16.5. The van der Waals surface area contributed by atoms with Crippen LogP contribution in [0.5, 0.6) is 5.75 Å². The molecule has 2 heterocycles. The number of nitrogens with two attached hydrogens (primary N) is 1. The highest BCUT2D eigenvalue weighted by Gasteiger charge is 2.18. The van der Waals surface area contributed by atoms with Crippen LogP contribution in [0, 0.1) is 6.92 Å². The van der Waals surface area contributed by atoms with Crippen LogP contribution in [-0.4, -0.2) is 22.5 Å². The van der Waals surface area contributed by atoms with Crippen LogP contribution in [0.3, 0.4) is 0 Å². The van der Waals surface area contributed by atoms with Crippen molar-refractivity contribution in [2.45, 2.75) is 26.7 Å². The molecule has 2 aromatic heterocycles. The van der Waals surface area contributed by atoms with Gasteiger partial charge in [-0.25, -0.2) is 4.98 Å². The molecule has 1 unspecified atom stereocenters. The largest absolute Gasteiger partial charge is 0.494 e. The SMILES string of the molecule is CCOc1ccc(-c2nc3ccc(C)cn3c2C(C)CN)cc1. The van der Waals surface area contributed by atoms with Gasteiger partial charge in [-0.15, -0.1) is 0 Å². The van der Waals surface area contributed by atoms with Gasteiger partial charge in [0.15, 0.2) is 0 Å². The van der Waals surface area contributed by atoms with Crippen LogP contribution in [0.25, 0.3) is 16.9 Å². The van der Waals surface area contributed by atoms with Crippen molar-refractivity contribution < 1.29 is 4.74 Å². The average molecular weight is 309 g/mol. The number of benzene rings is 1. The molecule has 4 heteroatoms. The van der Waals surface area contributed by atoms with Crippen molar-refractivity contribution in [3.05, 3.63) is 53.9 Å². The number of rotatable bonds is 5. The van der Waals surface area contributed by atoms with Crippen molar-refractivity contribution in [3.8, 4) is 17.0 Å². The smallest absolute Gasteiger partial charge is 0.137 e. The molecule has 0 spiro atoms. The second kappa shape index (κ2) is 6.42. The molecule has 0 fully saturated rings. The quantitative estimate of drug-likeness (QED) is 0.780. The van der Waals surface area contributed by atoms with E-state index in [1.807, 2.05) is 19.1 Å². The average Bonchev–Trinajstić information content (AvgIpc) is 2.93. The number of hydrogen-bond donors (Lipinski definition) is 1. The van der Waals surface area contributed by atoms with E-state index >= 15 is 0 Å². The van der Waals surface area contributed by atoms with Gasteiger partial charge in [-0.3, -0.25) is 0 Å². The fourth-order valence-corrected chi connectivity index (χ4v) is 2.84. The first-order valence-electron chi connectivity index (χ1n) is 8.06. The number of nitrogens with zero attached hydrogens (tertiary/aromatic N) is 2. The maximum absolute atomic E-state index is 5.94. The Morgan fingerprint density at radius 2 is 1.91 bits per heavy atom. The first-order valence-corrected chi connectivity index (χ1v) is 8.06. The number of pyridine rings is 1. The zero-order valence-corrected chi connectivity index (χ0v) is 13.9. The van der Waals surface area contributed by atoms with Gasteiger partial charge in [-0.2, -0.15) is 0 Å². The third-order valence-electron chi connectivity index (χ3n) is 4.06. The van der Waals surface area contributed by atoms with Gasteiger partial charge in [-0.05, 0) is 49.7 Å². The molecule has 3 aromatic rings. The summed E-state index contributed by atoms with van der Waals surface area (Å²) < 4.78 is 7.69. The van der Waals surface area contributed by atoms with Gasteiger partial charge in [0.2, 0.25) is 0 Å². The third-order valence-corrected chi connectivity index (χ3v) is 4.06. The lowest BCUT2D eigenvalue weighted by Crippen LogP contribution is -2.12. The molecule has 0 saturated carbocycles. The molecule has 1 atom stereocenters. The Bertz CT molecular complexity index is 805. The summed E-state index contributed by atoms with van der Waals surface area (Å²) in [5.41, 5.74) is 11.3.